The smallest absolute Gasteiger partial charge is 0.261 e. The number of carbonyl (C=O) groups excluding carboxylic acids is 1. The summed E-state index contributed by atoms with van der Waals surface area (Å²) in [6.45, 7) is 0. The van der Waals surface area contributed by atoms with Gasteiger partial charge in [0.1, 0.15) is 11.6 Å². The van der Waals surface area contributed by atoms with Crippen LogP contribution >= 0.6 is 34.3 Å². The Morgan fingerprint density at radius 3 is 2.87 bits per heavy atom. The van der Waals surface area contributed by atoms with Crippen LogP contribution in [0, 0.1) is 5.82 Å². The summed E-state index contributed by atoms with van der Waals surface area (Å²) in [6.07, 6.45) is 0. The number of amides is 1. The Morgan fingerprint density at radius 1 is 1.35 bits per heavy atom. The lowest BCUT2D eigenvalue weighted by Gasteiger charge is -2.07. The van der Waals surface area contributed by atoms with Crippen molar-refractivity contribution in [3.05, 3.63) is 51.4 Å². The highest BCUT2D eigenvalue weighted by atomic mass is 35.5. The molecule has 0 unspecified atom stereocenters. The van der Waals surface area contributed by atoms with Gasteiger partial charge in [0.25, 0.3) is 5.91 Å². The van der Waals surface area contributed by atoms with E-state index in [-0.39, 0.29) is 5.56 Å². The first-order valence-corrected chi connectivity index (χ1v) is 8.50. The topological polar surface area (TPSA) is 51.2 Å². The molecule has 2 heterocycles. The third-order valence-corrected chi connectivity index (χ3v) is 4.97. The van der Waals surface area contributed by atoms with E-state index in [9.17, 15) is 9.18 Å². The zero-order chi connectivity index (χ0) is 16.4. The third-order valence-electron chi connectivity index (χ3n) is 2.96. The molecule has 0 aliphatic rings. The number of anilines is 1. The Hall–Kier alpha value is -1.96. The Balaban J connectivity index is 1.81. The number of nitrogens with zero attached hydrogens (tertiary/aromatic N) is 1. The number of hydrogen-bond acceptors (Lipinski definition) is 5. The Kier molecular flexibility index (Phi) is 4.61. The molecule has 2 aromatic heterocycles. The normalized spacial score (nSPS) is 10.6. The number of rotatable bonds is 4. The van der Waals surface area contributed by atoms with E-state index in [1.54, 1.807) is 6.07 Å². The zero-order valence-electron chi connectivity index (χ0n) is 11.8. The van der Waals surface area contributed by atoms with Crippen LogP contribution in [0.4, 0.5) is 9.52 Å². The number of benzene rings is 1. The van der Waals surface area contributed by atoms with Gasteiger partial charge in [0.05, 0.1) is 27.6 Å². The Bertz CT molecular complexity index is 863. The first kappa shape index (κ1) is 15.9. The molecule has 0 atom stereocenters. The van der Waals surface area contributed by atoms with Crippen molar-refractivity contribution in [2.75, 3.05) is 12.4 Å². The summed E-state index contributed by atoms with van der Waals surface area (Å²) < 4.78 is 19.1. The lowest BCUT2D eigenvalue weighted by Crippen LogP contribution is -2.13. The maximum atomic E-state index is 13.4. The molecule has 1 N–H and O–H groups in total. The molecule has 0 bridgehead atoms. The minimum Gasteiger partial charge on any atom is -0.496 e. The fourth-order valence-corrected chi connectivity index (χ4v) is 3.70. The molecule has 1 aromatic carbocycles. The highest BCUT2D eigenvalue weighted by molar-refractivity contribution is 7.20. The Labute approximate surface area is 144 Å². The molecule has 0 saturated heterocycles. The molecule has 3 aromatic rings. The van der Waals surface area contributed by atoms with Gasteiger partial charge in [-0.1, -0.05) is 11.6 Å². The highest BCUT2D eigenvalue weighted by Gasteiger charge is 2.16. The molecule has 3 rings (SSSR count). The molecular weight excluding hydrogens is 359 g/mol. The van der Waals surface area contributed by atoms with Crippen LogP contribution in [0.5, 0.6) is 5.75 Å². The molecule has 4 nitrogen and oxygen atoms in total. The quantitative estimate of drug-likeness (QED) is 0.710. The number of nitrogens with one attached hydrogen (secondary N) is 1. The number of halogens is 2. The summed E-state index contributed by atoms with van der Waals surface area (Å²) in [4.78, 5) is 17.5. The van der Waals surface area contributed by atoms with Crippen LogP contribution in [0.2, 0.25) is 4.34 Å². The molecule has 0 radical (unpaired) electrons. The van der Waals surface area contributed by atoms with E-state index in [2.05, 4.69) is 10.3 Å². The predicted molar refractivity (Wildman–Crippen MR) is 91.3 cm³/mol. The van der Waals surface area contributed by atoms with Crippen molar-refractivity contribution in [1.82, 2.24) is 4.98 Å². The highest BCUT2D eigenvalue weighted by Crippen LogP contribution is 2.33. The lowest BCUT2D eigenvalue weighted by atomic mass is 10.2. The van der Waals surface area contributed by atoms with Gasteiger partial charge in [-0.2, -0.15) is 0 Å². The minimum atomic E-state index is -0.510. The molecule has 0 fully saturated rings. The summed E-state index contributed by atoms with van der Waals surface area (Å²) in [6, 6.07) is 7.42. The standard InChI is InChI=1S/C15H10ClFN2O2S2/c1-21-11-3-2-8(17)6-9(11)14(20)19-15-18-10(7-22-15)12-4-5-13(16)23-12/h2-7H,1H3,(H,18,19,20). The van der Waals surface area contributed by atoms with Gasteiger partial charge < -0.3 is 4.74 Å². The number of methoxy groups -OCH3 is 1. The van der Waals surface area contributed by atoms with E-state index >= 15 is 0 Å². The summed E-state index contributed by atoms with van der Waals surface area (Å²) in [5.74, 6) is -0.693. The van der Waals surface area contributed by atoms with Crippen LogP contribution in [0.15, 0.2) is 35.7 Å². The average molecular weight is 369 g/mol. The summed E-state index contributed by atoms with van der Waals surface area (Å²) in [5.41, 5.74) is 0.844. The van der Waals surface area contributed by atoms with Gasteiger partial charge in [-0.3, -0.25) is 10.1 Å². The maximum absolute atomic E-state index is 13.4. The fraction of sp³-hybridized carbons (Fsp3) is 0.0667. The third kappa shape index (κ3) is 3.52. The molecule has 1 amide bonds. The molecule has 0 aliphatic heterocycles. The second kappa shape index (κ2) is 6.66. The van der Waals surface area contributed by atoms with Crippen molar-refractivity contribution in [2.45, 2.75) is 0 Å². The van der Waals surface area contributed by atoms with Gasteiger partial charge >= 0.3 is 0 Å². The van der Waals surface area contributed by atoms with Gasteiger partial charge in [-0.05, 0) is 30.3 Å². The zero-order valence-corrected chi connectivity index (χ0v) is 14.2. The van der Waals surface area contributed by atoms with Gasteiger partial charge in [0.2, 0.25) is 0 Å². The van der Waals surface area contributed by atoms with Crippen molar-refractivity contribution < 1.29 is 13.9 Å². The van der Waals surface area contributed by atoms with Crippen molar-refractivity contribution in [3.63, 3.8) is 0 Å². The molecule has 0 spiro atoms. The van der Waals surface area contributed by atoms with E-state index in [4.69, 9.17) is 16.3 Å². The number of aromatic nitrogens is 1. The van der Waals surface area contributed by atoms with E-state index in [0.717, 1.165) is 16.6 Å². The van der Waals surface area contributed by atoms with Crippen LogP contribution in [-0.4, -0.2) is 18.0 Å². The number of hydrogen-bond donors (Lipinski definition) is 1. The van der Waals surface area contributed by atoms with Crippen molar-refractivity contribution in [1.29, 1.82) is 0 Å². The minimum absolute atomic E-state index is 0.114. The maximum Gasteiger partial charge on any atom is 0.261 e. The summed E-state index contributed by atoms with van der Waals surface area (Å²) in [5, 5.41) is 4.89. The van der Waals surface area contributed by atoms with E-state index < -0.39 is 11.7 Å². The molecule has 23 heavy (non-hydrogen) atoms. The van der Waals surface area contributed by atoms with Gasteiger partial charge in [0.15, 0.2) is 5.13 Å². The van der Waals surface area contributed by atoms with Crippen molar-refractivity contribution in [3.8, 4) is 16.3 Å². The number of carbonyl (C=O) groups is 1. The number of thiazole rings is 1. The van der Waals surface area contributed by atoms with Crippen molar-refractivity contribution in [2.24, 2.45) is 0 Å². The largest absolute Gasteiger partial charge is 0.496 e. The molecule has 0 saturated carbocycles. The molecule has 8 heteroatoms. The lowest BCUT2D eigenvalue weighted by molar-refractivity contribution is 0.102. The van der Waals surface area contributed by atoms with Crippen molar-refractivity contribution >= 4 is 45.3 Å². The molecular formula is C15H10ClFN2O2S2. The van der Waals surface area contributed by atoms with Crippen LogP contribution in [0.1, 0.15) is 10.4 Å². The van der Waals surface area contributed by atoms with Crippen LogP contribution in [0.3, 0.4) is 0 Å². The van der Waals surface area contributed by atoms with E-state index in [0.29, 0.717) is 15.2 Å². The second-order valence-corrected chi connectivity index (χ2v) is 7.01. The second-order valence-electron chi connectivity index (χ2n) is 4.44. The first-order valence-electron chi connectivity index (χ1n) is 6.43. The predicted octanol–water partition coefficient (Wildman–Crippen LogP) is 4.93. The number of ether oxygens (including phenoxy) is 1. The van der Waals surface area contributed by atoms with Gasteiger partial charge in [-0.25, -0.2) is 9.37 Å². The Morgan fingerprint density at radius 2 is 2.17 bits per heavy atom. The average Bonchev–Trinajstić information content (AvgIpc) is 3.16. The van der Waals surface area contributed by atoms with E-state index in [1.165, 1.54) is 41.9 Å². The summed E-state index contributed by atoms with van der Waals surface area (Å²) >= 11 is 8.59. The van der Waals surface area contributed by atoms with Crippen LogP contribution < -0.4 is 10.1 Å². The monoisotopic (exact) mass is 368 g/mol. The SMILES string of the molecule is COc1ccc(F)cc1C(=O)Nc1nc(-c2ccc(Cl)s2)cs1. The number of thiophene rings is 1. The molecule has 118 valence electrons. The fourth-order valence-electron chi connectivity index (χ4n) is 1.92. The van der Waals surface area contributed by atoms with Gasteiger partial charge in [0, 0.05) is 5.38 Å². The van der Waals surface area contributed by atoms with Crippen LogP contribution in [-0.2, 0) is 0 Å². The first-order chi connectivity index (χ1) is 11.1. The van der Waals surface area contributed by atoms with E-state index in [1.807, 2.05) is 11.4 Å². The van der Waals surface area contributed by atoms with Crippen LogP contribution in [0.25, 0.3) is 10.6 Å². The van der Waals surface area contributed by atoms with Gasteiger partial charge in [-0.15, -0.1) is 22.7 Å². The summed E-state index contributed by atoms with van der Waals surface area (Å²) in [7, 11) is 1.42. The molecule has 0 aliphatic carbocycles.